The van der Waals surface area contributed by atoms with E-state index < -0.39 is 10.0 Å². The molecule has 124 valence electrons. The molecule has 0 radical (unpaired) electrons. The third-order valence-corrected chi connectivity index (χ3v) is 5.41. The number of hydrogen-bond donors (Lipinski definition) is 0. The van der Waals surface area contributed by atoms with Crippen molar-refractivity contribution in [3.63, 3.8) is 0 Å². The van der Waals surface area contributed by atoms with Crippen LogP contribution in [0.25, 0.3) is 0 Å². The van der Waals surface area contributed by atoms with Crippen LogP contribution in [0.5, 0.6) is 0 Å². The maximum absolute atomic E-state index is 12.3. The summed E-state index contributed by atoms with van der Waals surface area (Å²) < 4.78 is 25.3. The van der Waals surface area contributed by atoms with Gasteiger partial charge in [-0.05, 0) is 24.6 Å². The van der Waals surface area contributed by atoms with Crippen LogP contribution in [0.3, 0.4) is 0 Å². The van der Waals surface area contributed by atoms with Crippen LogP contribution in [0.15, 0.2) is 23.1 Å². The Hall–Kier alpha value is -1.15. The van der Waals surface area contributed by atoms with Crippen LogP contribution < -0.4 is 0 Å². The Morgan fingerprint density at radius 3 is 2.50 bits per heavy atom. The molecule has 22 heavy (non-hydrogen) atoms. The Labute approximate surface area is 136 Å². The van der Waals surface area contributed by atoms with E-state index >= 15 is 0 Å². The van der Waals surface area contributed by atoms with Crippen LogP contribution >= 0.6 is 11.6 Å². The zero-order chi connectivity index (χ0) is 16.9. The molecular weight excluding hydrogens is 328 g/mol. The summed E-state index contributed by atoms with van der Waals surface area (Å²) in [5, 5.41) is 0.0386. The molecule has 0 saturated heterocycles. The summed E-state index contributed by atoms with van der Waals surface area (Å²) in [6, 6.07) is 4.19. The zero-order valence-corrected chi connectivity index (χ0v) is 14.7. The highest BCUT2D eigenvalue weighted by Crippen LogP contribution is 2.25. The van der Waals surface area contributed by atoms with Gasteiger partial charge in [0.2, 0.25) is 0 Å². The quantitative estimate of drug-likeness (QED) is 0.709. The maximum atomic E-state index is 12.3. The topological polar surface area (TPSA) is 66.9 Å². The molecule has 6 nitrogen and oxygen atoms in total. The summed E-state index contributed by atoms with van der Waals surface area (Å²) in [6.07, 6.45) is 1.85. The molecule has 0 bridgehead atoms. The lowest BCUT2D eigenvalue weighted by Gasteiger charge is -2.19. The highest BCUT2D eigenvalue weighted by atomic mass is 35.5. The van der Waals surface area contributed by atoms with Crippen LogP contribution in [0.4, 0.5) is 0 Å². The normalized spacial score (nSPS) is 11.7. The molecule has 0 spiro atoms. The molecule has 1 rings (SSSR count). The molecule has 1 aromatic carbocycles. The number of carbonyl (C=O) groups is 1. The minimum absolute atomic E-state index is 0.0386. The van der Waals surface area contributed by atoms with Gasteiger partial charge in [0, 0.05) is 26.2 Å². The van der Waals surface area contributed by atoms with Gasteiger partial charge in [0.1, 0.15) is 4.90 Å². The van der Waals surface area contributed by atoms with E-state index in [4.69, 9.17) is 16.4 Å². The molecule has 0 aliphatic heterocycles. The first-order valence-corrected chi connectivity index (χ1v) is 8.65. The van der Waals surface area contributed by atoms with Gasteiger partial charge in [-0.15, -0.1) is 0 Å². The van der Waals surface area contributed by atoms with Crippen molar-refractivity contribution in [2.75, 3.05) is 27.7 Å². The lowest BCUT2D eigenvalue weighted by Crippen LogP contribution is -2.29. The molecule has 0 heterocycles. The van der Waals surface area contributed by atoms with Gasteiger partial charge in [-0.2, -0.15) is 0 Å². The van der Waals surface area contributed by atoms with Crippen molar-refractivity contribution in [3.8, 4) is 0 Å². The number of amides is 1. The Morgan fingerprint density at radius 2 is 1.95 bits per heavy atom. The Kier molecular flexibility index (Phi) is 6.80. The largest absolute Gasteiger partial charge is 0.342 e. The minimum Gasteiger partial charge on any atom is -0.342 e. The summed E-state index contributed by atoms with van der Waals surface area (Å²) in [4.78, 5) is 18.4. The molecular formula is C14H21ClN2O4S. The van der Waals surface area contributed by atoms with Gasteiger partial charge in [0.25, 0.3) is 15.9 Å². The first kappa shape index (κ1) is 18.9. The van der Waals surface area contributed by atoms with Gasteiger partial charge in [0.05, 0.1) is 12.1 Å². The van der Waals surface area contributed by atoms with Crippen LogP contribution in [0.1, 0.15) is 30.1 Å². The Morgan fingerprint density at radius 1 is 1.32 bits per heavy atom. The summed E-state index contributed by atoms with van der Waals surface area (Å²) in [7, 11) is 0.265. The molecule has 0 unspecified atom stereocenters. The average Bonchev–Trinajstić information content (AvgIpc) is 2.51. The fourth-order valence-electron chi connectivity index (χ4n) is 1.79. The monoisotopic (exact) mass is 348 g/mol. The van der Waals surface area contributed by atoms with Crippen molar-refractivity contribution in [3.05, 3.63) is 28.8 Å². The summed E-state index contributed by atoms with van der Waals surface area (Å²) in [6.45, 7) is 2.64. The summed E-state index contributed by atoms with van der Waals surface area (Å²) in [5.41, 5.74) is 0.270. The highest BCUT2D eigenvalue weighted by molar-refractivity contribution is 7.89. The van der Waals surface area contributed by atoms with Crippen molar-refractivity contribution in [1.29, 1.82) is 0 Å². The van der Waals surface area contributed by atoms with E-state index in [0.29, 0.717) is 11.0 Å². The number of hydroxylamine groups is 1. The zero-order valence-electron chi connectivity index (χ0n) is 13.2. The first-order chi connectivity index (χ1) is 10.3. The Balaban J connectivity index is 3.17. The van der Waals surface area contributed by atoms with E-state index in [1.54, 1.807) is 11.9 Å². The second-order valence-corrected chi connectivity index (χ2v) is 7.13. The van der Waals surface area contributed by atoms with Gasteiger partial charge in [-0.3, -0.25) is 9.63 Å². The first-order valence-electron chi connectivity index (χ1n) is 6.83. The van der Waals surface area contributed by atoms with E-state index in [9.17, 15) is 13.2 Å². The number of sulfonamides is 1. The molecule has 1 amide bonds. The number of benzene rings is 1. The van der Waals surface area contributed by atoms with Crippen molar-refractivity contribution < 1.29 is 18.0 Å². The lowest BCUT2D eigenvalue weighted by atomic mass is 10.2. The van der Waals surface area contributed by atoms with Crippen molar-refractivity contribution in [1.82, 2.24) is 9.37 Å². The van der Waals surface area contributed by atoms with Gasteiger partial charge in [0.15, 0.2) is 0 Å². The predicted octanol–water partition coefficient (Wildman–Crippen LogP) is 2.39. The molecule has 0 aromatic heterocycles. The SMILES string of the molecule is CCCCN(C)C(=O)c1ccc(Cl)c(S(=O)(=O)N(C)OC)c1. The molecule has 0 saturated carbocycles. The van der Waals surface area contributed by atoms with Crippen molar-refractivity contribution >= 4 is 27.5 Å². The van der Waals surface area contributed by atoms with Crippen LogP contribution in [0.2, 0.25) is 5.02 Å². The van der Waals surface area contributed by atoms with Crippen LogP contribution in [0, 0.1) is 0 Å². The standard InChI is InChI=1S/C14H21ClN2O4S/c1-5-6-9-16(2)14(18)11-7-8-12(15)13(10-11)22(19,20)17(3)21-4/h7-8,10H,5-6,9H2,1-4H3. The average molecular weight is 349 g/mol. The minimum atomic E-state index is -3.91. The third-order valence-electron chi connectivity index (χ3n) is 3.25. The highest BCUT2D eigenvalue weighted by Gasteiger charge is 2.25. The molecule has 0 atom stereocenters. The molecule has 0 aliphatic rings. The summed E-state index contributed by atoms with van der Waals surface area (Å²) >= 11 is 5.96. The van der Waals surface area contributed by atoms with Crippen molar-refractivity contribution in [2.24, 2.45) is 0 Å². The van der Waals surface area contributed by atoms with E-state index in [0.717, 1.165) is 12.8 Å². The number of unbranched alkanes of at least 4 members (excludes halogenated alkanes) is 1. The van der Waals surface area contributed by atoms with Crippen molar-refractivity contribution in [2.45, 2.75) is 24.7 Å². The second kappa shape index (κ2) is 7.92. The van der Waals surface area contributed by atoms with E-state index in [1.807, 2.05) is 6.92 Å². The number of hydrogen-bond acceptors (Lipinski definition) is 4. The molecule has 0 aliphatic carbocycles. The number of rotatable bonds is 7. The van der Waals surface area contributed by atoms with Gasteiger partial charge < -0.3 is 4.90 Å². The predicted molar refractivity (Wildman–Crippen MR) is 85.3 cm³/mol. The number of carbonyl (C=O) groups excluding carboxylic acids is 1. The lowest BCUT2D eigenvalue weighted by molar-refractivity contribution is -0.0258. The fraction of sp³-hybridized carbons (Fsp3) is 0.500. The number of nitrogens with zero attached hydrogens (tertiary/aromatic N) is 2. The fourth-order valence-corrected chi connectivity index (χ4v) is 3.26. The third kappa shape index (κ3) is 4.19. The molecule has 8 heteroatoms. The van der Waals surface area contributed by atoms with Gasteiger partial charge in [-0.25, -0.2) is 8.42 Å². The smallest absolute Gasteiger partial charge is 0.266 e. The van der Waals surface area contributed by atoms with E-state index in [-0.39, 0.29) is 21.4 Å². The van der Waals surface area contributed by atoms with E-state index in [1.165, 1.54) is 32.4 Å². The second-order valence-electron chi connectivity index (χ2n) is 4.82. The molecule has 0 fully saturated rings. The summed E-state index contributed by atoms with van der Waals surface area (Å²) in [5.74, 6) is -0.248. The Bertz CT molecular complexity index is 634. The molecule has 1 aromatic rings. The maximum Gasteiger partial charge on any atom is 0.266 e. The van der Waals surface area contributed by atoms with E-state index in [2.05, 4.69) is 0 Å². The van der Waals surface area contributed by atoms with Gasteiger partial charge >= 0.3 is 0 Å². The number of halogens is 1. The van der Waals surface area contributed by atoms with Crippen LogP contribution in [-0.2, 0) is 14.9 Å². The molecule has 0 N–H and O–H groups in total. The van der Waals surface area contributed by atoms with Crippen LogP contribution in [-0.4, -0.2) is 51.4 Å². The van der Waals surface area contributed by atoms with Gasteiger partial charge in [-0.1, -0.05) is 29.4 Å².